The van der Waals surface area contributed by atoms with Gasteiger partial charge in [-0.1, -0.05) is 74.4 Å². The zero-order valence-electron chi connectivity index (χ0n) is 27.4. The first-order chi connectivity index (χ1) is 17.6. The molecule has 39 heavy (non-hydrogen) atoms. The van der Waals surface area contributed by atoms with Crippen LogP contribution in [0.4, 0.5) is 3.50 Å². The summed E-state index contributed by atoms with van der Waals surface area (Å²) >= 11 is -2.93. The Hall–Kier alpha value is -1.44. The van der Waals surface area contributed by atoms with Crippen molar-refractivity contribution >= 4 is 38.1 Å². The Morgan fingerprint density at radius 1 is 0.513 bits per heavy atom. The van der Waals surface area contributed by atoms with Crippen LogP contribution in [0.2, 0.25) is 0 Å². The van der Waals surface area contributed by atoms with Crippen molar-refractivity contribution in [3.8, 4) is 0 Å². The molecule has 213 valence electrons. The Morgan fingerprint density at radius 2 is 0.795 bits per heavy atom. The molecular formula is C36H53FGeP. The summed E-state index contributed by atoms with van der Waals surface area (Å²) in [4.78, 5) is 0. The third-order valence-electron chi connectivity index (χ3n) is 7.46. The van der Waals surface area contributed by atoms with Crippen molar-refractivity contribution in [3.63, 3.8) is 0 Å². The Balaban J connectivity index is 0.000000274. The van der Waals surface area contributed by atoms with Crippen LogP contribution in [0, 0.1) is 41.5 Å². The topological polar surface area (TPSA) is 0 Å². The molecule has 1 radical (unpaired) electrons. The summed E-state index contributed by atoms with van der Waals surface area (Å²) in [5, 5.41) is 1.38. The van der Waals surface area contributed by atoms with Crippen LogP contribution in [-0.4, -0.2) is 14.8 Å². The van der Waals surface area contributed by atoms with Crippen LogP contribution >= 0.6 is 9.24 Å². The molecule has 0 N–H and O–H groups in total. The van der Waals surface area contributed by atoms with Crippen molar-refractivity contribution in [1.29, 1.82) is 0 Å². The first-order valence-electron chi connectivity index (χ1n) is 14.2. The quantitative estimate of drug-likeness (QED) is 0.202. The van der Waals surface area contributed by atoms with Gasteiger partial charge < -0.3 is 0 Å². The van der Waals surface area contributed by atoms with Gasteiger partial charge in [0.05, 0.1) is 0 Å². The van der Waals surface area contributed by atoms with Crippen LogP contribution in [-0.2, 0) is 16.2 Å². The zero-order chi connectivity index (χ0) is 30.2. The number of aryl methyl sites for hydroxylation is 6. The summed E-state index contributed by atoms with van der Waals surface area (Å²) < 4.78 is 17.3. The summed E-state index contributed by atoms with van der Waals surface area (Å²) in [7, 11) is 2.98. The molecule has 0 spiro atoms. The van der Waals surface area contributed by atoms with Crippen molar-refractivity contribution in [2.45, 2.75) is 120 Å². The van der Waals surface area contributed by atoms with Crippen LogP contribution in [0.25, 0.3) is 0 Å². The van der Waals surface area contributed by atoms with E-state index in [0.717, 1.165) is 31.0 Å². The summed E-state index contributed by atoms with van der Waals surface area (Å²) in [6.45, 7) is 33.0. The van der Waals surface area contributed by atoms with Gasteiger partial charge in [0.2, 0.25) is 0 Å². The molecule has 0 nitrogen and oxygen atoms in total. The van der Waals surface area contributed by atoms with E-state index in [1.54, 1.807) is 0 Å². The van der Waals surface area contributed by atoms with Crippen LogP contribution in [0.3, 0.4) is 0 Å². The van der Waals surface area contributed by atoms with Crippen LogP contribution in [0.15, 0.2) is 36.4 Å². The molecule has 0 aliphatic heterocycles. The summed E-state index contributed by atoms with van der Waals surface area (Å²) in [6, 6.07) is 13.2. The molecule has 0 aliphatic carbocycles. The maximum absolute atomic E-state index is 15.3. The molecule has 3 rings (SSSR count). The van der Waals surface area contributed by atoms with E-state index < -0.39 is 14.8 Å². The normalized spacial score (nSPS) is 12.5. The molecular weight excluding hydrogens is 555 g/mol. The fraction of sp³-hybridized carbons (Fsp3) is 0.500. The van der Waals surface area contributed by atoms with E-state index in [0.29, 0.717) is 0 Å². The summed E-state index contributed by atoms with van der Waals surface area (Å²) in [6.07, 6.45) is 0. The van der Waals surface area contributed by atoms with Crippen LogP contribution in [0.1, 0.15) is 112 Å². The predicted octanol–water partition coefficient (Wildman–Crippen LogP) is 8.69. The molecule has 0 aromatic heterocycles. The van der Waals surface area contributed by atoms with Gasteiger partial charge in [0, 0.05) is 0 Å². The van der Waals surface area contributed by atoms with Gasteiger partial charge in [-0.2, -0.15) is 0 Å². The SMILES string of the molecule is CC(C)(C)c1cc(C(C)(C)C)c(P)c(C(C)(C)C)c1.Cc1cc(C)[c]([Ge]([F])[c]2c(C)cc(C)cc2C)c(C)c1. The first-order valence-corrected chi connectivity index (χ1v) is 17.7. The molecule has 3 heteroatoms. The monoisotopic (exact) mass is 609 g/mol. The van der Waals surface area contributed by atoms with E-state index in [2.05, 4.69) is 122 Å². The fourth-order valence-corrected chi connectivity index (χ4v) is 10.6. The zero-order valence-corrected chi connectivity index (χ0v) is 30.7. The summed E-state index contributed by atoms with van der Waals surface area (Å²) in [5.74, 6) is 0. The van der Waals surface area contributed by atoms with Gasteiger partial charge in [0.25, 0.3) is 0 Å². The molecule has 0 saturated heterocycles. The van der Waals surface area contributed by atoms with Crippen molar-refractivity contribution < 1.29 is 3.50 Å². The van der Waals surface area contributed by atoms with Gasteiger partial charge in [0.1, 0.15) is 0 Å². The third-order valence-corrected chi connectivity index (χ3v) is 13.2. The van der Waals surface area contributed by atoms with Gasteiger partial charge >= 0.3 is 126 Å². The molecule has 3 aromatic rings. The van der Waals surface area contributed by atoms with E-state index in [1.165, 1.54) is 33.1 Å². The average molecular weight is 608 g/mol. The second-order valence-corrected chi connectivity index (χ2v) is 18.6. The molecule has 0 fully saturated rings. The average Bonchev–Trinajstić information content (AvgIpc) is 2.70. The van der Waals surface area contributed by atoms with Crippen molar-refractivity contribution in [1.82, 2.24) is 0 Å². The second kappa shape index (κ2) is 12.2. The molecule has 0 amide bonds. The van der Waals surface area contributed by atoms with Gasteiger partial charge in [-0.3, -0.25) is 0 Å². The predicted molar refractivity (Wildman–Crippen MR) is 179 cm³/mol. The number of hydrogen-bond acceptors (Lipinski definition) is 0. The molecule has 3 aromatic carbocycles. The standard InChI is InChI=1S/C18H22FGe.C18H31P/c1-11-7-13(3)17(14(4)8-11)20(19)18-15(5)9-12(2)10-16(18)6;1-16(2,3)12-10-13(17(4,5)6)15(19)14(11-12)18(7,8)9/h7-10H,1-6H3;10-11H,19H2,1-9H3. The van der Waals surface area contributed by atoms with Crippen molar-refractivity contribution in [3.05, 3.63) is 86.5 Å². The molecule has 1 atom stereocenters. The maximum atomic E-state index is 15.3. The Bertz CT molecular complexity index is 1190. The van der Waals surface area contributed by atoms with Crippen molar-refractivity contribution in [2.75, 3.05) is 0 Å². The number of benzene rings is 3. The second-order valence-electron chi connectivity index (χ2n) is 14.6. The van der Waals surface area contributed by atoms with Gasteiger partial charge in [-0.25, -0.2) is 0 Å². The van der Waals surface area contributed by atoms with Gasteiger partial charge in [-0.05, 0) is 38.2 Å². The third kappa shape index (κ3) is 8.30. The summed E-state index contributed by atoms with van der Waals surface area (Å²) in [5.41, 5.74) is 11.8. The van der Waals surface area contributed by atoms with Crippen molar-refractivity contribution in [2.24, 2.45) is 0 Å². The van der Waals surface area contributed by atoms with E-state index in [1.807, 2.05) is 27.7 Å². The molecule has 0 saturated carbocycles. The Labute approximate surface area is 247 Å². The van der Waals surface area contributed by atoms with E-state index in [9.17, 15) is 0 Å². The molecule has 0 aliphatic rings. The minimum absolute atomic E-state index is 0.179. The number of halogens is 1. The fourth-order valence-electron chi connectivity index (χ4n) is 5.50. The molecule has 1 unspecified atom stereocenters. The molecule has 0 bridgehead atoms. The number of hydrogen-bond donors (Lipinski definition) is 0. The molecule has 0 heterocycles. The Morgan fingerprint density at radius 3 is 1.03 bits per heavy atom. The van der Waals surface area contributed by atoms with E-state index in [-0.39, 0.29) is 16.2 Å². The van der Waals surface area contributed by atoms with Crippen LogP contribution in [0.5, 0.6) is 0 Å². The van der Waals surface area contributed by atoms with Gasteiger partial charge in [0.15, 0.2) is 0 Å². The van der Waals surface area contributed by atoms with Gasteiger partial charge in [-0.15, -0.1) is 9.24 Å². The number of rotatable bonds is 2. The van der Waals surface area contributed by atoms with Crippen LogP contribution < -0.4 is 14.1 Å². The first kappa shape index (κ1) is 33.8. The van der Waals surface area contributed by atoms with E-state index >= 15 is 3.50 Å². The Kier molecular flexibility index (Phi) is 10.6. The van der Waals surface area contributed by atoms with E-state index in [4.69, 9.17) is 0 Å². The minimum atomic E-state index is -2.93.